The first kappa shape index (κ1) is 21.0. The first-order chi connectivity index (χ1) is 13.4. The largest absolute Gasteiger partial charge is 0.339 e. The Labute approximate surface area is 172 Å². The zero-order valence-electron chi connectivity index (χ0n) is 16.5. The molecule has 0 spiro atoms. The van der Waals surface area contributed by atoms with Crippen LogP contribution in [-0.2, 0) is 16.6 Å². The topological polar surface area (TPSA) is 57.7 Å². The summed E-state index contributed by atoms with van der Waals surface area (Å²) in [5.74, 6) is -0.0567. The molecule has 1 fully saturated rings. The lowest BCUT2D eigenvalue weighted by Gasteiger charge is -2.25. The van der Waals surface area contributed by atoms with Crippen LogP contribution in [0.1, 0.15) is 55.5 Å². The SMILES string of the molecule is CC(C)N(Cc1ccccc1)S(=O)(=O)c1cc(C(=O)N2CCCCCC2)cs1. The molecule has 1 aromatic heterocycles. The number of carbonyl (C=O) groups excluding carboxylic acids is 1. The molecule has 7 heteroatoms. The molecular formula is C21H28N2O3S2. The van der Waals surface area contributed by atoms with E-state index in [2.05, 4.69) is 0 Å². The van der Waals surface area contributed by atoms with E-state index in [9.17, 15) is 13.2 Å². The molecule has 0 bridgehead atoms. The molecule has 0 unspecified atom stereocenters. The number of rotatable bonds is 6. The van der Waals surface area contributed by atoms with Crippen LogP contribution in [0.5, 0.6) is 0 Å². The summed E-state index contributed by atoms with van der Waals surface area (Å²) < 4.78 is 28.2. The van der Waals surface area contributed by atoms with Crippen LogP contribution in [0.4, 0.5) is 0 Å². The molecule has 2 aromatic rings. The van der Waals surface area contributed by atoms with Crippen molar-refractivity contribution in [3.05, 3.63) is 52.9 Å². The number of hydrogen-bond acceptors (Lipinski definition) is 4. The molecule has 1 aliphatic heterocycles. The van der Waals surface area contributed by atoms with E-state index in [0.29, 0.717) is 12.1 Å². The number of benzene rings is 1. The van der Waals surface area contributed by atoms with Crippen molar-refractivity contribution in [2.75, 3.05) is 13.1 Å². The van der Waals surface area contributed by atoms with Crippen LogP contribution in [0.3, 0.4) is 0 Å². The Bertz CT molecular complexity index is 883. The van der Waals surface area contributed by atoms with E-state index in [1.807, 2.05) is 49.1 Å². The van der Waals surface area contributed by atoms with Gasteiger partial charge in [-0.1, -0.05) is 43.2 Å². The van der Waals surface area contributed by atoms with Crippen molar-refractivity contribution in [2.45, 2.75) is 56.3 Å². The van der Waals surface area contributed by atoms with Crippen molar-refractivity contribution in [3.8, 4) is 0 Å². The van der Waals surface area contributed by atoms with Crippen LogP contribution < -0.4 is 0 Å². The average Bonchev–Trinajstić information content (AvgIpc) is 3.03. The highest BCUT2D eigenvalue weighted by Gasteiger charge is 2.30. The molecule has 1 aliphatic rings. The van der Waals surface area contributed by atoms with Crippen molar-refractivity contribution < 1.29 is 13.2 Å². The second-order valence-electron chi connectivity index (χ2n) is 7.49. The van der Waals surface area contributed by atoms with Crippen molar-refractivity contribution in [1.29, 1.82) is 0 Å². The molecule has 0 N–H and O–H groups in total. The fraction of sp³-hybridized carbons (Fsp3) is 0.476. The van der Waals surface area contributed by atoms with Crippen LogP contribution in [0.15, 0.2) is 46.0 Å². The molecule has 0 aliphatic carbocycles. The van der Waals surface area contributed by atoms with Crippen LogP contribution in [0, 0.1) is 0 Å². The normalized spacial score (nSPS) is 15.8. The average molecular weight is 421 g/mol. The minimum atomic E-state index is -3.67. The van der Waals surface area contributed by atoms with Gasteiger partial charge in [0.25, 0.3) is 15.9 Å². The summed E-state index contributed by atoms with van der Waals surface area (Å²) in [5, 5.41) is 1.68. The van der Waals surface area contributed by atoms with E-state index < -0.39 is 10.0 Å². The quantitative estimate of drug-likeness (QED) is 0.697. The highest BCUT2D eigenvalue weighted by molar-refractivity contribution is 7.91. The molecule has 5 nitrogen and oxygen atoms in total. The lowest BCUT2D eigenvalue weighted by Crippen LogP contribution is -2.36. The number of amides is 1. The molecule has 0 saturated carbocycles. The summed E-state index contributed by atoms with van der Waals surface area (Å²) in [5.41, 5.74) is 1.42. The second kappa shape index (κ2) is 9.20. The second-order valence-corrected chi connectivity index (χ2v) is 10.5. The molecule has 1 amide bonds. The third-order valence-electron chi connectivity index (χ3n) is 5.04. The smallest absolute Gasteiger partial charge is 0.254 e. The lowest BCUT2D eigenvalue weighted by atomic mass is 10.2. The molecule has 28 heavy (non-hydrogen) atoms. The van der Waals surface area contributed by atoms with Crippen LogP contribution >= 0.6 is 11.3 Å². The zero-order valence-corrected chi connectivity index (χ0v) is 18.1. The van der Waals surface area contributed by atoms with Gasteiger partial charge >= 0.3 is 0 Å². The third kappa shape index (κ3) is 4.82. The van der Waals surface area contributed by atoms with E-state index in [-0.39, 0.29) is 16.2 Å². The molecule has 0 atom stereocenters. The first-order valence-electron chi connectivity index (χ1n) is 9.83. The Balaban J connectivity index is 1.81. The predicted molar refractivity (Wildman–Crippen MR) is 113 cm³/mol. The van der Waals surface area contributed by atoms with Gasteiger partial charge in [-0.25, -0.2) is 8.42 Å². The molecule has 3 rings (SSSR count). The van der Waals surface area contributed by atoms with E-state index in [1.165, 1.54) is 4.31 Å². The maximum absolute atomic E-state index is 13.3. The Morgan fingerprint density at radius 3 is 2.36 bits per heavy atom. The zero-order chi connectivity index (χ0) is 20.1. The number of nitrogens with zero attached hydrogens (tertiary/aromatic N) is 2. The number of likely N-dealkylation sites (tertiary alicyclic amines) is 1. The summed E-state index contributed by atoms with van der Waals surface area (Å²) >= 11 is 1.13. The van der Waals surface area contributed by atoms with E-state index in [1.54, 1.807) is 11.4 Å². The van der Waals surface area contributed by atoms with Crippen LogP contribution in [0.25, 0.3) is 0 Å². The first-order valence-corrected chi connectivity index (χ1v) is 12.1. The van der Waals surface area contributed by atoms with Gasteiger partial charge < -0.3 is 4.90 Å². The summed E-state index contributed by atoms with van der Waals surface area (Å²) in [6.45, 7) is 5.56. The van der Waals surface area contributed by atoms with E-state index in [0.717, 1.165) is 55.7 Å². The molecule has 152 valence electrons. The summed E-state index contributed by atoms with van der Waals surface area (Å²) in [4.78, 5) is 14.7. The van der Waals surface area contributed by atoms with Gasteiger partial charge in [0.1, 0.15) is 4.21 Å². The Morgan fingerprint density at radius 2 is 1.75 bits per heavy atom. The lowest BCUT2D eigenvalue weighted by molar-refractivity contribution is 0.0762. The minimum absolute atomic E-state index is 0.0567. The highest BCUT2D eigenvalue weighted by atomic mass is 32.2. The van der Waals surface area contributed by atoms with Gasteiger partial charge in [-0.05, 0) is 38.3 Å². The van der Waals surface area contributed by atoms with Crippen molar-refractivity contribution in [1.82, 2.24) is 9.21 Å². The number of carbonyl (C=O) groups is 1. The molecule has 1 saturated heterocycles. The Hall–Kier alpha value is -1.70. The van der Waals surface area contributed by atoms with Gasteiger partial charge in [0, 0.05) is 31.1 Å². The van der Waals surface area contributed by atoms with Gasteiger partial charge in [0.05, 0.1) is 5.56 Å². The monoisotopic (exact) mass is 420 g/mol. The van der Waals surface area contributed by atoms with Crippen molar-refractivity contribution in [3.63, 3.8) is 0 Å². The fourth-order valence-electron chi connectivity index (χ4n) is 3.44. The Morgan fingerprint density at radius 1 is 1.11 bits per heavy atom. The van der Waals surface area contributed by atoms with Gasteiger partial charge in [-0.3, -0.25) is 4.79 Å². The number of hydrogen-bond donors (Lipinski definition) is 0. The fourth-order valence-corrected chi connectivity index (χ4v) is 6.35. The number of thiophene rings is 1. The van der Waals surface area contributed by atoms with Crippen molar-refractivity contribution in [2.24, 2.45) is 0 Å². The van der Waals surface area contributed by atoms with E-state index >= 15 is 0 Å². The Kier molecular flexibility index (Phi) is 6.91. The summed E-state index contributed by atoms with van der Waals surface area (Å²) in [6, 6.07) is 10.9. The summed E-state index contributed by atoms with van der Waals surface area (Å²) in [6.07, 6.45) is 4.32. The maximum Gasteiger partial charge on any atom is 0.254 e. The number of sulfonamides is 1. The van der Waals surface area contributed by atoms with Crippen LogP contribution in [0.2, 0.25) is 0 Å². The third-order valence-corrected chi connectivity index (χ3v) is 8.47. The predicted octanol–water partition coefficient (Wildman–Crippen LogP) is 4.36. The van der Waals surface area contributed by atoms with Gasteiger partial charge in [0.15, 0.2) is 0 Å². The highest BCUT2D eigenvalue weighted by Crippen LogP contribution is 2.28. The van der Waals surface area contributed by atoms with E-state index in [4.69, 9.17) is 0 Å². The maximum atomic E-state index is 13.3. The molecule has 1 aromatic carbocycles. The van der Waals surface area contributed by atoms with Gasteiger partial charge in [0.2, 0.25) is 0 Å². The molecule has 2 heterocycles. The summed E-state index contributed by atoms with van der Waals surface area (Å²) in [7, 11) is -3.67. The van der Waals surface area contributed by atoms with Crippen LogP contribution in [-0.4, -0.2) is 42.7 Å². The molecule has 0 radical (unpaired) electrons. The van der Waals surface area contributed by atoms with Gasteiger partial charge in [-0.2, -0.15) is 4.31 Å². The standard InChI is InChI=1S/C21H28N2O3S2/c1-17(2)23(15-18-10-6-5-7-11-18)28(25,26)20-14-19(16-27-20)21(24)22-12-8-3-4-9-13-22/h5-7,10-11,14,16-17H,3-4,8-9,12-13,15H2,1-2H3. The van der Waals surface area contributed by atoms with Gasteiger partial charge in [-0.15, -0.1) is 11.3 Å². The molecular weight excluding hydrogens is 392 g/mol. The van der Waals surface area contributed by atoms with Crippen molar-refractivity contribution >= 4 is 27.3 Å². The minimum Gasteiger partial charge on any atom is -0.339 e.